The summed E-state index contributed by atoms with van der Waals surface area (Å²) >= 11 is 127. The fraction of sp³-hybridized carbons (Fsp3) is 1.00. The molecule has 0 atom stereocenters. The van der Waals surface area contributed by atoms with Crippen LogP contribution in [0, 0.1) is 0 Å². The molecule has 0 aliphatic heterocycles. The molecule has 0 aromatic heterocycles. The highest BCUT2D eigenvalue weighted by Gasteiger charge is 2.82. The topological polar surface area (TPSA) is 0 Å². The molecule has 31 heavy (non-hydrogen) atoms. The third kappa shape index (κ3) is 5.93. The van der Waals surface area contributed by atoms with Gasteiger partial charge >= 0.3 is 0 Å². The van der Waals surface area contributed by atoms with Crippen molar-refractivity contribution in [3.8, 4) is 0 Å². The summed E-state index contributed by atoms with van der Waals surface area (Å²) in [6, 6.07) is 0. The third-order valence-corrected chi connectivity index (χ3v) is 17.6. The second kappa shape index (κ2) is 11.2. The number of hydrogen-bond donors (Lipinski definition) is 0. The average Bonchev–Trinajstić information content (AvgIpc) is 2.52. The van der Waals surface area contributed by atoms with Crippen LogP contribution < -0.4 is 0 Å². The van der Waals surface area contributed by atoms with E-state index >= 15 is 0 Å². The van der Waals surface area contributed by atoms with Crippen molar-refractivity contribution < 1.29 is 0 Å². The van der Waals surface area contributed by atoms with Crippen molar-refractivity contribution >= 4 is 244 Å². The highest BCUT2D eigenvalue weighted by molar-refractivity contribution is 6.83. The second-order valence-corrected chi connectivity index (χ2v) is 19.5. The minimum Gasteiger partial charge on any atom is -0.102 e. The monoisotopic (exact) mass is 855 g/mol. The maximum absolute atomic E-state index is 6.26. The maximum atomic E-state index is 6.26. The molecule has 0 aromatic carbocycles. The molecule has 21 heteroatoms. The van der Waals surface area contributed by atoms with E-state index in [4.69, 9.17) is 244 Å². The van der Waals surface area contributed by atoms with Gasteiger partial charge in [0.1, 0.15) is 4.84 Å². The molecule has 188 valence electrons. The zero-order valence-corrected chi connectivity index (χ0v) is 28.9. The SMILES string of the molecule is ClC(Cl)C(Cl)(Cl)C(Cl)(Cl)C(Cl)(Cl)C(Cl)(Cl)C(Cl)(Cl)C(Cl)(Cl)C(Cl)(Cl)C(Cl)(Cl)C(Cl)(Cl)Cl. The van der Waals surface area contributed by atoms with Crippen molar-refractivity contribution in [1.82, 2.24) is 0 Å². The highest BCUT2D eigenvalue weighted by Crippen LogP contribution is 2.74. The summed E-state index contributed by atoms with van der Waals surface area (Å²) in [5.41, 5.74) is 0. The van der Waals surface area contributed by atoms with Gasteiger partial charge in [-0.15, -0.1) is 23.2 Å². The molecule has 0 aromatic rings. The second-order valence-electron chi connectivity index (χ2n) is 5.44. The summed E-state index contributed by atoms with van der Waals surface area (Å²) in [5.74, 6) is 0. The van der Waals surface area contributed by atoms with E-state index in [1.165, 1.54) is 0 Å². The molecule has 0 spiro atoms. The standard InChI is InChI=1S/C10HCl21/c11-1(12)2(13,14)3(15,16)4(17,18)5(19,20)6(21,22)7(23,24)8(25,26)9(27,28)10(29,30)31/h1H. The van der Waals surface area contributed by atoms with Gasteiger partial charge in [0.2, 0.25) is 8.13 Å². The van der Waals surface area contributed by atoms with Crippen LogP contribution in [-0.2, 0) is 0 Å². The van der Waals surface area contributed by atoms with Crippen LogP contribution in [0.5, 0.6) is 0 Å². The maximum Gasteiger partial charge on any atom is 0.226 e. The van der Waals surface area contributed by atoms with Crippen molar-refractivity contribution in [2.24, 2.45) is 0 Å². The molecule has 0 saturated carbocycles. The first-order valence-corrected chi connectivity index (χ1v) is 14.4. The molecule has 0 heterocycles. The Morgan fingerprint density at radius 3 is 0.677 bits per heavy atom. The van der Waals surface area contributed by atoms with Crippen LogP contribution in [0.1, 0.15) is 0 Å². The number of hydrogen-bond acceptors (Lipinski definition) is 0. The molecule has 0 nitrogen and oxygen atoms in total. The van der Waals surface area contributed by atoms with Gasteiger partial charge in [0.25, 0.3) is 0 Å². The molecule has 0 fully saturated rings. The first-order chi connectivity index (χ1) is 12.9. The predicted octanol–water partition coefficient (Wildman–Crippen LogP) is 12.6. The van der Waals surface area contributed by atoms with E-state index in [-0.39, 0.29) is 0 Å². The zero-order chi connectivity index (χ0) is 26.1. The van der Waals surface area contributed by atoms with Crippen LogP contribution in [0.2, 0.25) is 0 Å². The summed E-state index contributed by atoms with van der Waals surface area (Å²) in [5, 5.41) is 0. The highest BCUT2D eigenvalue weighted by atomic mass is 35.6. The van der Waals surface area contributed by atoms with Crippen LogP contribution in [-0.4, -0.2) is 43.3 Å². The number of rotatable bonds is 8. The summed E-state index contributed by atoms with van der Waals surface area (Å²) in [6.07, 6.45) is 0. The summed E-state index contributed by atoms with van der Waals surface area (Å²) < 4.78 is -26.4. The molecular weight excluding hydrogens is 865 g/mol. The normalized spacial score (nSPS) is 16.8. The van der Waals surface area contributed by atoms with Gasteiger partial charge in [-0.2, -0.15) is 0 Å². The number of halogens is 21. The van der Waals surface area contributed by atoms with Crippen molar-refractivity contribution in [2.75, 3.05) is 0 Å². The molecule has 0 rings (SSSR count). The van der Waals surface area contributed by atoms with Gasteiger partial charge in [0, 0.05) is 0 Å². The Hall–Kier alpha value is 6.09. The quantitative estimate of drug-likeness (QED) is 0.213. The fourth-order valence-corrected chi connectivity index (χ4v) is 7.86. The lowest BCUT2D eigenvalue weighted by Crippen LogP contribution is -2.72. The lowest BCUT2D eigenvalue weighted by Gasteiger charge is -2.55. The van der Waals surface area contributed by atoms with Gasteiger partial charge in [0.05, 0.1) is 0 Å². The number of alkyl halides is 21. The van der Waals surface area contributed by atoms with E-state index in [0.29, 0.717) is 0 Å². The summed E-state index contributed by atoms with van der Waals surface area (Å²) in [4.78, 5) is -1.74. The Morgan fingerprint density at radius 2 is 0.484 bits per heavy atom. The summed E-state index contributed by atoms with van der Waals surface area (Å²) in [7, 11) is 0. The van der Waals surface area contributed by atoms with Gasteiger partial charge < -0.3 is 0 Å². The van der Waals surface area contributed by atoms with Crippen LogP contribution in [0.4, 0.5) is 0 Å². The third-order valence-electron chi connectivity index (χ3n) is 3.41. The molecule has 0 aliphatic carbocycles. The van der Waals surface area contributed by atoms with E-state index in [2.05, 4.69) is 0 Å². The Bertz CT molecular complexity index is 650. The van der Waals surface area contributed by atoms with Crippen LogP contribution in [0.3, 0.4) is 0 Å². The molecule has 0 unspecified atom stereocenters. The van der Waals surface area contributed by atoms with Crippen LogP contribution in [0.15, 0.2) is 0 Å². The van der Waals surface area contributed by atoms with E-state index in [0.717, 1.165) is 0 Å². The van der Waals surface area contributed by atoms with Gasteiger partial charge in [-0.25, -0.2) is 0 Å². The Kier molecular flexibility index (Phi) is 13.4. The zero-order valence-electron chi connectivity index (χ0n) is 13.0. The first-order valence-electron chi connectivity index (χ1n) is 6.32. The Balaban J connectivity index is 6.91. The summed E-state index contributed by atoms with van der Waals surface area (Å²) in [6.45, 7) is 0. The van der Waals surface area contributed by atoms with Crippen molar-refractivity contribution in [3.63, 3.8) is 0 Å². The minimum absolute atomic E-state index is 1.74. The molecule has 0 saturated heterocycles. The van der Waals surface area contributed by atoms with Gasteiger partial charge in [-0.1, -0.05) is 220 Å². The molecule has 0 radical (unpaired) electrons. The fourth-order valence-electron chi connectivity index (χ4n) is 1.51. The van der Waals surface area contributed by atoms with Gasteiger partial charge in [-0.05, 0) is 0 Å². The van der Waals surface area contributed by atoms with E-state index in [9.17, 15) is 0 Å². The lowest BCUT2D eigenvalue weighted by atomic mass is 10.0. The van der Waals surface area contributed by atoms with Crippen molar-refractivity contribution in [2.45, 2.75) is 43.3 Å². The molecular formula is C10HCl21. The minimum atomic E-state index is -3.14. The van der Waals surface area contributed by atoms with Gasteiger partial charge in [0.15, 0.2) is 30.3 Å². The van der Waals surface area contributed by atoms with Crippen molar-refractivity contribution in [1.29, 1.82) is 0 Å². The van der Waals surface area contributed by atoms with Gasteiger partial charge in [-0.3, -0.25) is 0 Å². The van der Waals surface area contributed by atoms with E-state index in [1.54, 1.807) is 0 Å². The molecule has 0 bridgehead atoms. The van der Waals surface area contributed by atoms with E-state index in [1.807, 2.05) is 0 Å². The Morgan fingerprint density at radius 1 is 0.290 bits per heavy atom. The average molecular weight is 866 g/mol. The lowest BCUT2D eigenvalue weighted by molar-refractivity contribution is 0.441. The molecule has 0 N–H and O–H groups in total. The van der Waals surface area contributed by atoms with Crippen LogP contribution >= 0.6 is 244 Å². The molecule has 0 amide bonds. The van der Waals surface area contributed by atoms with Crippen LogP contribution in [0.25, 0.3) is 0 Å². The Labute approximate surface area is 282 Å². The van der Waals surface area contributed by atoms with E-state index < -0.39 is 43.3 Å². The largest absolute Gasteiger partial charge is 0.226 e. The predicted molar refractivity (Wildman–Crippen MR) is 151 cm³/mol. The molecule has 0 aliphatic rings. The smallest absolute Gasteiger partial charge is 0.102 e. The first kappa shape index (κ1) is 37.1. The van der Waals surface area contributed by atoms with Crippen molar-refractivity contribution in [3.05, 3.63) is 0 Å².